The molecule has 130 valence electrons. The van der Waals surface area contributed by atoms with E-state index in [0.29, 0.717) is 29.2 Å². The summed E-state index contributed by atoms with van der Waals surface area (Å²) in [5.74, 6) is 0.527. The molecule has 0 aliphatic rings. The van der Waals surface area contributed by atoms with Gasteiger partial charge in [-0.2, -0.15) is 10.4 Å². The number of anilines is 1. The van der Waals surface area contributed by atoms with Gasteiger partial charge >= 0.3 is 0 Å². The van der Waals surface area contributed by atoms with Crippen molar-refractivity contribution in [2.24, 2.45) is 0 Å². The van der Waals surface area contributed by atoms with Crippen molar-refractivity contribution in [2.45, 2.75) is 19.8 Å². The van der Waals surface area contributed by atoms with E-state index >= 15 is 0 Å². The van der Waals surface area contributed by atoms with Gasteiger partial charge in [0.25, 0.3) is 0 Å². The number of halogens is 1. The summed E-state index contributed by atoms with van der Waals surface area (Å²) in [6.45, 7) is 1.87. The molecular formula is C20H17ClN4O. The van der Waals surface area contributed by atoms with Gasteiger partial charge in [-0.05, 0) is 55.3 Å². The number of amides is 1. The number of benzene rings is 2. The predicted octanol–water partition coefficient (Wildman–Crippen LogP) is 4.28. The van der Waals surface area contributed by atoms with E-state index in [-0.39, 0.29) is 5.91 Å². The van der Waals surface area contributed by atoms with Gasteiger partial charge in [0.05, 0.1) is 23.0 Å². The van der Waals surface area contributed by atoms with Crippen LogP contribution in [0.3, 0.4) is 0 Å². The highest BCUT2D eigenvalue weighted by Gasteiger charge is 2.11. The normalized spacial score (nSPS) is 10.3. The molecule has 2 aromatic carbocycles. The highest BCUT2D eigenvalue weighted by molar-refractivity contribution is 6.30. The van der Waals surface area contributed by atoms with Crippen molar-refractivity contribution in [1.82, 2.24) is 9.78 Å². The lowest BCUT2D eigenvalue weighted by Crippen LogP contribution is -2.15. The number of rotatable bonds is 5. The fourth-order valence-electron chi connectivity index (χ4n) is 2.58. The maximum Gasteiger partial charge on any atom is 0.225 e. The second-order valence-corrected chi connectivity index (χ2v) is 6.35. The second kappa shape index (κ2) is 7.85. The summed E-state index contributed by atoms with van der Waals surface area (Å²) in [5, 5.41) is 16.8. The van der Waals surface area contributed by atoms with Crippen molar-refractivity contribution in [1.29, 1.82) is 5.26 Å². The Kier molecular flexibility index (Phi) is 5.35. The Balaban J connectivity index is 1.67. The Morgan fingerprint density at radius 2 is 1.88 bits per heavy atom. The topological polar surface area (TPSA) is 70.7 Å². The minimum atomic E-state index is -0.0931. The Bertz CT molecular complexity index is 953. The van der Waals surface area contributed by atoms with Crippen molar-refractivity contribution < 1.29 is 4.79 Å². The molecule has 3 rings (SSSR count). The summed E-state index contributed by atoms with van der Waals surface area (Å²) in [6.07, 6.45) is 0.947. The highest BCUT2D eigenvalue weighted by Crippen LogP contribution is 2.19. The van der Waals surface area contributed by atoms with Gasteiger partial charge in [0.15, 0.2) is 0 Å². The van der Waals surface area contributed by atoms with Gasteiger partial charge < -0.3 is 5.32 Å². The number of nitriles is 1. The van der Waals surface area contributed by atoms with Crippen molar-refractivity contribution in [3.05, 3.63) is 76.4 Å². The monoisotopic (exact) mass is 364 g/mol. The van der Waals surface area contributed by atoms with Gasteiger partial charge in [0.1, 0.15) is 5.82 Å². The maximum absolute atomic E-state index is 12.3. The molecule has 0 bridgehead atoms. The van der Waals surface area contributed by atoms with Gasteiger partial charge in [-0.15, -0.1) is 0 Å². The van der Waals surface area contributed by atoms with Crippen LogP contribution in [0.15, 0.2) is 54.6 Å². The Morgan fingerprint density at radius 3 is 2.54 bits per heavy atom. The number of hydrogen-bond acceptors (Lipinski definition) is 3. The summed E-state index contributed by atoms with van der Waals surface area (Å²) in [5.41, 5.74) is 3.26. The molecule has 0 aliphatic heterocycles. The molecule has 1 heterocycles. The predicted molar refractivity (Wildman–Crippen MR) is 101 cm³/mol. The summed E-state index contributed by atoms with van der Waals surface area (Å²) < 4.78 is 1.69. The minimum Gasteiger partial charge on any atom is -0.311 e. The van der Waals surface area contributed by atoms with Crippen LogP contribution in [-0.4, -0.2) is 15.7 Å². The summed E-state index contributed by atoms with van der Waals surface area (Å²) in [6, 6.07) is 18.4. The number of hydrogen-bond donors (Lipinski definition) is 1. The first-order chi connectivity index (χ1) is 12.5. The molecular weight excluding hydrogens is 348 g/mol. The molecule has 0 aliphatic carbocycles. The lowest BCUT2D eigenvalue weighted by molar-refractivity contribution is -0.116. The number of aryl methyl sites for hydroxylation is 2. The Labute approximate surface area is 156 Å². The van der Waals surface area contributed by atoms with E-state index in [0.717, 1.165) is 16.9 Å². The zero-order valence-electron chi connectivity index (χ0n) is 14.2. The fourth-order valence-corrected chi connectivity index (χ4v) is 2.70. The van der Waals surface area contributed by atoms with E-state index in [1.165, 1.54) is 0 Å². The van der Waals surface area contributed by atoms with Crippen LogP contribution in [0.5, 0.6) is 0 Å². The molecule has 0 spiro atoms. The molecule has 1 amide bonds. The fraction of sp³-hybridized carbons (Fsp3) is 0.150. The number of carbonyl (C=O) groups is 1. The Morgan fingerprint density at radius 1 is 1.19 bits per heavy atom. The Hall–Kier alpha value is -3.10. The first kappa shape index (κ1) is 17.7. The molecule has 0 unspecified atom stereocenters. The third kappa shape index (κ3) is 4.29. The van der Waals surface area contributed by atoms with Crippen LogP contribution >= 0.6 is 11.6 Å². The SMILES string of the molecule is Cc1cc(NC(=O)CCc2ccc(C#N)cc2)n(-c2ccc(Cl)cc2)n1. The lowest BCUT2D eigenvalue weighted by Gasteiger charge is -2.09. The molecule has 0 saturated heterocycles. The zero-order chi connectivity index (χ0) is 18.5. The molecule has 1 N–H and O–H groups in total. The highest BCUT2D eigenvalue weighted by atomic mass is 35.5. The second-order valence-electron chi connectivity index (χ2n) is 5.92. The molecule has 0 fully saturated rings. The summed E-state index contributed by atoms with van der Waals surface area (Å²) in [7, 11) is 0. The molecule has 0 radical (unpaired) electrons. The quantitative estimate of drug-likeness (QED) is 0.734. The number of aromatic nitrogens is 2. The van der Waals surface area contributed by atoms with Crippen LogP contribution in [0, 0.1) is 18.3 Å². The molecule has 0 saturated carbocycles. The van der Waals surface area contributed by atoms with Gasteiger partial charge in [0, 0.05) is 17.5 Å². The number of nitrogens with one attached hydrogen (secondary N) is 1. The first-order valence-corrected chi connectivity index (χ1v) is 8.54. The summed E-state index contributed by atoms with van der Waals surface area (Å²) in [4.78, 5) is 12.3. The third-order valence-electron chi connectivity index (χ3n) is 3.89. The lowest BCUT2D eigenvalue weighted by atomic mass is 10.1. The smallest absolute Gasteiger partial charge is 0.225 e. The zero-order valence-corrected chi connectivity index (χ0v) is 15.0. The van der Waals surface area contributed by atoms with E-state index in [1.807, 2.05) is 37.3 Å². The van der Waals surface area contributed by atoms with Gasteiger partial charge in [-0.25, -0.2) is 4.68 Å². The molecule has 1 aromatic heterocycles. The molecule has 26 heavy (non-hydrogen) atoms. The van der Waals surface area contributed by atoms with E-state index in [9.17, 15) is 4.79 Å². The first-order valence-electron chi connectivity index (χ1n) is 8.16. The van der Waals surface area contributed by atoms with Gasteiger partial charge in [-0.3, -0.25) is 4.79 Å². The van der Waals surface area contributed by atoms with E-state index in [1.54, 1.807) is 28.9 Å². The summed E-state index contributed by atoms with van der Waals surface area (Å²) >= 11 is 5.93. The van der Waals surface area contributed by atoms with Crippen molar-refractivity contribution in [2.75, 3.05) is 5.32 Å². The van der Waals surface area contributed by atoms with Crippen LogP contribution < -0.4 is 5.32 Å². The van der Waals surface area contributed by atoms with Gasteiger partial charge in [0.2, 0.25) is 5.91 Å². The number of carbonyl (C=O) groups excluding carboxylic acids is 1. The molecule has 3 aromatic rings. The van der Waals surface area contributed by atoms with Crippen LogP contribution in [-0.2, 0) is 11.2 Å². The third-order valence-corrected chi connectivity index (χ3v) is 4.15. The average molecular weight is 365 g/mol. The molecule has 5 nitrogen and oxygen atoms in total. The standard InChI is InChI=1S/C20H17ClN4O/c1-14-12-19(25(24-14)18-9-7-17(21)8-10-18)23-20(26)11-6-15-2-4-16(13-22)5-3-15/h2-5,7-10,12H,6,11H2,1H3,(H,23,26). The van der Waals surface area contributed by atoms with E-state index in [4.69, 9.17) is 16.9 Å². The number of nitrogens with zero attached hydrogens (tertiary/aromatic N) is 3. The molecule has 6 heteroatoms. The van der Waals surface area contributed by atoms with Crippen LogP contribution in [0.4, 0.5) is 5.82 Å². The van der Waals surface area contributed by atoms with Crippen LogP contribution in [0.25, 0.3) is 5.69 Å². The molecule has 0 atom stereocenters. The van der Waals surface area contributed by atoms with Crippen LogP contribution in [0.2, 0.25) is 5.02 Å². The largest absolute Gasteiger partial charge is 0.311 e. The van der Waals surface area contributed by atoms with Crippen molar-refractivity contribution in [3.63, 3.8) is 0 Å². The van der Waals surface area contributed by atoms with E-state index in [2.05, 4.69) is 16.5 Å². The van der Waals surface area contributed by atoms with Crippen LogP contribution in [0.1, 0.15) is 23.2 Å². The average Bonchev–Trinajstić information content (AvgIpc) is 3.01. The van der Waals surface area contributed by atoms with Gasteiger partial charge in [-0.1, -0.05) is 23.7 Å². The van der Waals surface area contributed by atoms with Crippen molar-refractivity contribution in [3.8, 4) is 11.8 Å². The minimum absolute atomic E-state index is 0.0931. The van der Waals surface area contributed by atoms with Crippen molar-refractivity contribution >= 4 is 23.3 Å². The van der Waals surface area contributed by atoms with E-state index < -0.39 is 0 Å². The maximum atomic E-state index is 12.3.